The van der Waals surface area contributed by atoms with E-state index in [2.05, 4.69) is 31.1 Å². The first-order valence-corrected chi connectivity index (χ1v) is 8.95. The summed E-state index contributed by atoms with van der Waals surface area (Å²) in [5, 5.41) is 12.4. The first-order valence-electron chi connectivity index (χ1n) is 8.95. The van der Waals surface area contributed by atoms with Gasteiger partial charge in [0.25, 0.3) is 5.91 Å². The molecule has 0 bridgehead atoms. The summed E-state index contributed by atoms with van der Waals surface area (Å²) in [5.74, 6) is -0.201. The number of aliphatic hydroxyl groups excluding tert-OH is 1. The Morgan fingerprint density at radius 2 is 1.70 bits per heavy atom. The van der Waals surface area contributed by atoms with Gasteiger partial charge in [0.15, 0.2) is 0 Å². The molecule has 0 fully saturated rings. The molecule has 0 aliphatic carbocycles. The van der Waals surface area contributed by atoms with Gasteiger partial charge in [-0.2, -0.15) is 0 Å². The largest absolute Gasteiger partial charge is 0.392 e. The van der Waals surface area contributed by atoms with Crippen molar-refractivity contribution in [3.05, 3.63) is 83.6 Å². The number of anilines is 1. The second-order valence-corrected chi connectivity index (χ2v) is 7.53. The molecular formula is C23H24N2O2. The molecular weight excluding hydrogens is 336 g/mol. The Morgan fingerprint density at radius 1 is 1.00 bits per heavy atom. The zero-order valence-corrected chi connectivity index (χ0v) is 15.9. The summed E-state index contributed by atoms with van der Waals surface area (Å²) in [6, 6.07) is 19.0. The molecule has 0 aliphatic rings. The third-order valence-electron chi connectivity index (χ3n) is 4.50. The third-order valence-corrected chi connectivity index (χ3v) is 4.50. The quantitative estimate of drug-likeness (QED) is 0.703. The van der Waals surface area contributed by atoms with Crippen molar-refractivity contribution in [2.75, 3.05) is 5.32 Å². The standard InChI is InChI=1S/C23H24N2O2/c1-23(2,3)18-9-11-19(12-10-18)25-22(27)16-8-13-21(24-14-16)20-7-5-4-6-17(20)15-26/h4-14,26H,15H2,1-3H3,(H,25,27). The van der Waals surface area contributed by atoms with Crippen LogP contribution in [0.5, 0.6) is 0 Å². The van der Waals surface area contributed by atoms with Crippen LogP contribution in [-0.4, -0.2) is 16.0 Å². The monoisotopic (exact) mass is 360 g/mol. The molecule has 0 aliphatic heterocycles. The van der Waals surface area contributed by atoms with Crippen LogP contribution in [0, 0.1) is 0 Å². The number of benzene rings is 2. The number of nitrogens with zero attached hydrogens (tertiary/aromatic N) is 1. The zero-order chi connectivity index (χ0) is 19.4. The summed E-state index contributed by atoms with van der Waals surface area (Å²) in [5.41, 5.74) is 4.93. The third kappa shape index (κ3) is 4.41. The van der Waals surface area contributed by atoms with Crippen LogP contribution >= 0.6 is 0 Å². The number of pyridine rings is 1. The smallest absolute Gasteiger partial charge is 0.257 e. The maximum absolute atomic E-state index is 12.5. The SMILES string of the molecule is CC(C)(C)c1ccc(NC(=O)c2ccc(-c3ccccc3CO)nc2)cc1. The maximum atomic E-state index is 12.5. The highest BCUT2D eigenvalue weighted by molar-refractivity contribution is 6.04. The molecule has 4 nitrogen and oxygen atoms in total. The lowest BCUT2D eigenvalue weighted by Gasteiger charge is -2.19. The highest BCUT2D eigenvalue weighted by Crippen LogP contribution is 2.24. The van der Waals surface area contributed by atoms with Crippen molar-refractivity contribution in [1.82, 2.24) is 4.98 Å². The van der Waals surface area contributed by atoms with E-state index in [1.54, 1.807) is 18.3 Å². The Morgan fingerprint density at radius 3 is 2.30 bits per heavy atom. The van der Waals surface area contributed by atoms with E-state index in [1.807, 2.05) is 48.5 Å². The molecule has 1 amide bonds. The zero-order valence-electron chi connectivity index (χ0n) is 15.9. The normalized spacial score (nSPS) is 11.3. The van der Waals surface area contributed by atoms with E-state index in [4.69, 9.17) is 0 Å². The van der Waals surface area contributed by atoms with Crippen molar-refractivity contribution in [2.24, 2.45) is 0 Å². The molecule has 138 valence electrons. The molecule has 0 radical (unpaired) electrons. The van der Waals surface area contributed by atoms with E-state index < -0.39 is 0 Å². The van der Waals surface area contributed by atoms with Crippen molar-refractivity contribution < 1.29 is 9.90 Å². The number of carbonyl (C=O) groups is 1. The predicted octanol–water partition coefficient (Wildman–Crippen LogP) is 4.79. The summed E-state index contributed by atoms with van der Waals surface area (Å²) in [7, 11) is 0. The molecule has 1 heterocycles. The fourth-order valence-electron chi connectivity index (χ4n) is 2.85. The molecule has 27 heavy (non-hydrogen) atoms. The summed E-state index contributed by atoms with van der Waals surface area (Å²) in [6.07, 6.45) is 1.56. The lowest BCUT2D eigenvalue weighted by molar-refractivity contribution is 0.102. The Labute approximate surface area is 159 Å². The van der Waals surface area contributed by atoms with E-state index in [0.717, 1.165) is 22.5 Å². The van der Waals surface area contributed by atoms with Gasteiger partial charge in [-0.1, -0.05) is 57.2 Å². The first-order chi connectivity index (χ1) is 12.9. The van der Waals surface area contributed by atoms with Crippen molar-refractivity contribution in [3.8, 4) is 11.3 Å². The van der Waals surface area contributed by atoms with Gasteiger partial charge in [0.1, 0.15) is 0 Å². The summed E-state index contributed by atoms with van der Waals surface area (Å²) >= 11 is 0. The first kappa shape index (κ1) is 18.8. The van der Waals surface area contributed by atoms with Gasteiger partial charge in [0.05, 0.1) is 17.9 Å². The minimum atomic E-state index is -0.201. The molecule has 4 heteroatoms. The van der Waals surface area contributed by atoms with Crippen LogP contribution in [0.3, 0.4) is 0 Å². The molecule has 0 unspecified atom stereocenters. The topological polar surface area (TPSA) is 62.2 Å². The Hall–Kier alpha value is -2.98. The number of aromatic nitrogens is 1. The molecule has 2 aromatic carbocycles. The second kappa shape index (κ2) is 7.72. The minimum absolute atomic E-state index is 0.0509. The molecule has 1 aromatic heterocycles. The Balaban J connectivity index is 1.74. The molecule has 0 saturated carbocycles. The van der Waals surface area contributed by atoms with Crippen LogP contribution < -0.4 is 5.32 Å². The lowest BCUT2D eigenvalue weighted by Crippen LogP contribution is -2.14. The van der Waals surface area contributed by atoms with Crippen LogP contribution in [0.4, 0.5) is 5.69 Å². The summed E-state index contributed by atoms with van der Waals surface area (Å²) < 4.78 is 0. The average Bonchev–Trinajstić information content (AvgIpc) is 2.68. The maximum Gasteiger partial charge on any atom is 0.257 e. The van der Waals surface area contributed by atoms with Gasteiger partial charge in [-0.3, -0.25) is 9.78 Å². The molecule has 3 rings (SSSR count). The fourth-order valence-corrected chi connectivity index (χ4v) is 2.85. The average molecular weight is 360 g/mol. The molecule has 0 saturated heterocycles. The molecule has 0 atom stereocenters. The van der Waals surface area contributed by atoms with Crippen LogP contribution in [0.1, 0.15) is 42.3 Å². The van der Waals surface area contributed by atoms with E-state index in [-0.39, 0.29) is 17.9 Å². The molecule has 0 spiro atoms. The van der Waals surface area contributed by atoms with Crippen molar-refractivity contribution in [3.63, 3.8) is 0 Å². The Kier molecular flexibility index (Phi) is 5.38. The highest BCUT2D eigenvalue weighted by Gasteiger charge is 2.14. The number of nitrogens with one attached hydrogen (secondary N) is 1. The Bertz CT molecular complexity index is 924. The van der Waals surface area contributed by atoms with Crippen molar-refractivity contribution in [2.45, 2.75) is 32.8 Å². The lowest BCUT2D eigenvalue weighted by atomic mass is 9.87. The number of rotatable bonds is 4. The van der Waals surface area contributed by atoms with Gasteiger partial charge >= 0.3 is 0 Å². The molecule has 2 N–H and O–H groups in total. The van der Waals surface area contributed by atoms with Gasteiger partial charge in [-0.25, -0.2) is 0 Å². The van der Waals surface area contributed by atoms with E-state index >= 15 is 0 Å². The van der Waals surface area contributed by atoms with Crippen LogP contribution in [0.25, 0.3) is 11.3 Å². The minimum Gasteiger partial charge on any atom is -0.392 e. The van der Waals surface area contributed by atoms with Crippen LogP contribution in [0.15, 0.2) is 66.9 Å². The predicted molar refractivity (Wildman–Crippen MR) is 109 cm³/mol. The van der Waals surface area contributed by atoms with E-state index in [1.165, 1.54) is 5.56 Å². The van der Waals surface area contributed by atoms with Gasteiger partial charge in [-0.15, -0.1) is 0 Å². The summed E-state index contributed by atoms with van der Waals surface area (Å²) in [6.45, 7) is 6.42. The molecule has 3 aromatic rings. The number of hydrogen-bond donors (Lipinski definition) is 2. The number of carbonyl (C=O) groups excluding carboxylic acids is 1. The number of amides is 1. The van der Waals surface area contributed by atoms with Crippen molar-refractivity contribution >= 4 is 11.6 Å². The number of aliphatic hydroxyl groups is 1. The van der Waals surface area contributed by atoms with Crippen molar-refractivity contribution in [1.29, 1.82) is 0 Å². The van der Waals surface area contributed by atoms with E-state index in [0.29, 0.717) is 5.56 Å². The summed E-state index contributed by atoms with van der Waals surface area (Å²) in [4.78, 5) is 16.9. The second-order valence-electron chi connectivity index (χ2n) is 7.53. The van der Waals surface area contributed by atoms with Gasteiger partial charge in [0.2, 0.25) is 0 Å². The van der Waals surface area contributed by atoms with E-state index in [9.17, 15) is 9.90 Å². The number of hydrogen-bond acceptors (Lipinski definition) is 3. The van der Waals surface area contributed by atoms with Gasteiger partial charge in [0, 0.05) is 17.4 Å². The van der Waals surface area contributed by atoms with Crippen LogP contribution in [0.2, 0.25) is 0 Å². The van der Waals surface area contributed by atoms with Crippen LogP contribution in [-0.2, 0) is 12.0 Å². The van der Waals surface area contributed by atoms with Gasteiger partial charge in [-0.05, 0) is 40.8 Å². The highest BCUT2D eigenvalue weighted by atomic mass is 16.3. The van der Waals surface area contributed by atoms with Gasteiger partial charge < -0.3 is 10.4 Å². The fraction of sp³-hybridized carbons (Fsp3) is 0.217.